The highest BCUT2D eigenvalue weighted by atomic mass is 16.5. The molecule has 0 atom stereocenters. The summed E-state index contributed by atoms with van der Waals surface area (Å²) in [5.74, 6) is -0.110. The minimum absolute atomic E-state index is 0.0113. The van der Waals surface area contributed by atoms with Gasteiger partial charge in [-0.1, -0.05) is 48.5 Å². The standard InChI is InChI=1S/C24H22N2O3/c1-29-16-18-8-6-7-17(13-18)14-25-23(27)15-26-21-11-4-2-9-19(21)24(28)20-10-3-5-12-22(20)26/h2-13H,14-16H2,1H3,(H,25,27). The third-order valence-corrected chi connectivity index (χ3v) is 4.97. The molecule has 0 bridgehead atoms. The molecule has 4 aromatic rings. The molecule has 3 aromatic carbocycles. The monoisotopic (exact) mass is 386 g/mol. The van der Waals surface area contributed by atoms with Crippen molar-refractivity contribution >= 4 is 27.7 Å². The Morgan fingerprint density at radius 1 is 0.897 bits per heavy atom. The van der Waals surface area contributed by atoms with Gasteiger partial charge in [0.2, 0.25) is 5.91 Å². The summed E-state index contributed by atoms with van der Waals surface area (Å²) in [5, 5.41) is 4.22. The van der Waals surface area contributed by atoms with Crippen LogP contribution in [-0.2, 0) is 29.2 Å². The first-order valence-electron chi connectivity index (χ1n) is 9.51. The second kappa shape index (κ2) is 8.29. The van der Waals surface area contributed by atoms with Crippen LogP contribution < -0.4 is 10.7 Å². The minimum Gasteiger partial charge on any atom is -0.380 e. The molecule has 0 aliphatic carbocycles. The van der Waals surface area contributed by atoms with Crippen molar-refractivity contribution in [1.29, 1.82) is 0 Å². The van der Waals surface area contributed by atoms with E-state index in [0.29, 0.717) is 23.9 Å². The third-order valence-electron chi connectivity index (χ3n) is 4.97. The van der Waals surface area contributed by atoms with Gasteiger partial charge in [-0.25, -0.2) is 0 Å². The lowest BCUT2D eigenvalue weighted by Crippen LogP contribution is -2.28. The summed E-state index contributed by atoms with van der Waals surface area (Å²) in [6.07, 6.45) is 0. The summed E-state index contributed by atoms with van der Waals surface area (Å²) in [7, 11) is 1.66. The number of fused-ring (bicyclic) bond motifs is 2. The molecule has 29 heavy (non-hydrogen) atoms. The predicted octanol–water partition coefficient (Wildman–Crippen LogP) is 3.62. The summed E-state index contributed by atoms with van der Waals surface area (Å²) >= 11 is 0. The molecule has 0 spiro atoms. The lowest BCUT2D eigenvalue weighted by molar-refractivity contribution is -0.121. The van der Waals surface area contributed by atoms with E-state index >= 15 is 0 Å². The molecule has 0 aliphatic rings. The fraction of sp³-hybridized carbons (Fsp3) is 0.167. The van der Waals surface area contributed by atoms with E-state index in [1.807, 2.05) is 65.2 Å². The van der Waals surface area contributed by atoms with E-state index < -0.39 is 0 Å². The zero-order valence-corrected chi connectivity index (χ0v) is 16.2. The van der Waals surface area contributed by atoms with Crippen LogP contribution in [0.15, 0.2) is 77.6 Å². The van der Waals surface area contributed by atoms with E-state index in [-0.39, 0.29) is 17.9 Å². The largest absolute Gasteiger partial charge is 0.380 e. The lowest BCUT2D eigenvalue weighted by Gasteiger charge is -2.15. The highest BCUT2D eigenvalue weighted by Crippen LogP contribution is 2.19. The number of pyridine rings is 1. The average molecular weight is 386 g/mol. The van der Waals surface area contributed by atoms with Gasteiger partial charge >= 0.3 is 0 Å². The van der Waals surface area contributed by atoms with Crippen LogP contribution >= 0.6 is 0 Å². The van der Waals surface area contributed by atoms with Crippen molar-refractivity contribution in [3.63, 3.8) is 0 Å². The SMILES string of the molecule is COCc1cccc(CNC(=O)Cn2c3ccccc3c(=O)c3ccccc32)c1. The zero-order chi connectivity index (χ0) is 20.2. The highest BCUT2D eigenvalue weighted by molar-refractivity contribution is 5.94. The second-order valence-corrected chi connectivity index (χ2v) is 6.98. The Morgan fingerprint density at radius 3 is 2.17 bits per heavy atom. The Kier molecular flexibility index (Phi) is 5.40. The van der Waals surface area contributed by atoms with Gasteiger partial charge in [0, 0.05) is 24.4 Å². The van der Waals surface area contributed by atoms with Crippen LogP contribution in [-0.4, -0.2) is 17.6 Å². The van der Waals surface area contributed by atoms with Crippen LogP contribution in [0.5, 0.6) is 0 Å². The van der Waals surface area contributed by atoms with Gasteiger partial charge in [0.15, 0.2) is 5.43 Å². The first kappa shape index (κ1) is 18.9. The van der Waals surface area contributed by atoms with Crippen LogP contribution in [0, 0.1) is 0 Å². The number of aromatic nitrogens is 1. The van der Waals surface area contributed by atoms with Crippen LogP contribution in [0.2, 0.25) is 0 Å². The number of carbonyl (C=O) groups excluding carboxylic acids is 1. The number of amides is 1. The van der Waals surface area contributed by atoms with E-state index in [1.54, 1.807) is 19.2 Å². The maximum Gasteiger partial charge on any atom is 0.240 e. The summed E-state index contributed by atoms with van der Waals surface area (Å²) in [5.41, 5.74) is 3.59. The Labute approximate surface area is 168 Å². The Bertz CT molecular complexity index is 1180. The van der Waals surface area contributed by atoms with Crippen molar-refractivity contribution in [2.45, 2.75) is 19.7 Å². The van der Waals surface area contributed by atoms with Gasteiger partial charge in [0.1, 0.15) is 6.54 Å². The quantitative estimate of drug-likeness (QED) is 0.515. The Balaban J connectivity index is 1.62. The number of rotatable bonds is 6. The fourth-order valence-electron chi connectivity index (χ4n) is 3.64. The number of ether oxygens (including phenoxy) is 1. The number of carbonyl (C=O) groups is 1. The van der Waals surface area contributed by atoms with E-state index in [4.69, 9.17) is 4.74 Å². The van der Waals surface area contributed by atoms with E-state index in [1.165, 1.54) is 0 Å². The van der Waals surface area contributed by atoms with Gasteiger partial charge in [-0.2, -0.15) is 0 Å². The normalized spacial score (nSPS) is 11.1. The predicted molar refractivity (Wildman–Crippen MR) is 115 cm³/mol. The summed E-state index contributed by atoms with van der Waals surface area (Å²) in [6.45, 7) is 1.11. The lowest BCUT2D eigenvalue weighted by atomic mass is 10.1. The van der Waals surface area contributed by atoms with E-state index in [0.717, 1.165) is 22.2 Å². The van der Waals surface area contributed by atoms with Crippen LogP contribution in [0.1, 0.15) is 11.1 Å². The van der Waals surface area contributed by atoms with Crippen molar-refractivity contribution in [3.8, 4) is 0 Å². The number of methoxy groups -OCH3 is 1. The maximum atomic E-state index is 12.8. The molecule has 4 rings (SSSR count). The number of nitrogens with zero attached hydrogens (tertiary/aromatic N) is 1. The molecule has 146 valence electrons. The van der Waals surface area contributed by atoms with Gasteiger partial charge < -0.3 is 14.6 Å². The summed E-state index contributed by atoms with van der Waals surface area (Å²) in [6, 6.07) is 22.8. The summed E-state index contributed by atoms with van der Waals surface area (Å²) in [4.78, 5) is 25.5. The van der Waals surface area contributed by atoms with E-state index in [9.17, 15) is 9.59 Å². The molecule has 5 nitrogen and oxygen atoms in total. The smallest absolute Gasteiger partial charge is 0.240 e. The molecular formula is C24H22N2O3. The molecule has 1 N–H and O–H groups in total. The number of nitrogens with one attached hydrogen (secondary N) is 1. The maximum absolute atomic E-state index is 12.8. The topological polar surface area (TPSA) is 60.3 Å². The zero-order valence-electron chi connectivity index (χ0n) is 16.2. The molecule has 0 unspecified atom stereocenters. The molecule has 0 fully saturated rings. The fourth-order valence-corrected chi connectivity index (χ4v) is 3.64. The first-order chi connectivity index (χ1) is 14.2. The van der Waals surface area contributed by atoms with Crippen molar-refractivity contribution in [2.24, 2.45) is 0 Å². The molecule has 0 aliphatic heterocycles. The van der Waals surface area contributed by atoms with Gasteiger partial charge in [-0.15, -0.1) is 0 Å². The van der Waals surface area contributed by atoms with Crippen molar-refractivity contribution < 1.29 is 9.53 Å². The van der Waals surface area contributed by atoms with Gasteiger partial charge in [-0.3, -0.25) is 9.59 Å². The Hall–Kier alpha value is -3.44. The average Bonchev–Trinajstić information content (AvgIpc) is 2.76. The number of hydrogen-bond acceptors (Lipinski definition) is 3. The third kappa shape index (κ3) is 3.91. The van der Waals surface area contributed by atoms with Crippen molar-refractivity contribution in [2.75, 3.05) is 7.11 Å². The molecule has 0 saturated heterocycles. The molecule has 5 heteroatoms. The van der Waals surface area contributed by atoms with Crippen LogP contribution in [0.25, 0.3) is 21.8 Å². The number of hydrogen-bond donors (Lipinski definition) is 1. The van der Waals surface area contributed by atoms with Crippen LogP contribution in [0.3, 0.4) is 0 Å². The molecule has 0 radical (unpaired) electrons. The van der Waals surface area contributed by atoms with Crippen LogP contribution in [0.4, 0.5) is 0 Å². The van der Waals surface area contributed by atoms with Gasteiger partial charge in [0.25, 0.3) is 0 Å². The van der Waals surface area contributed by atoms with Gasteiger partial charge in [0.05, 0.1) is 17.6 Å². The van der Waals surface area contributed by atoms with E-state index in [2.05, 4.69) is 5.32 Å². The second-order valence-electron chi connectivity index (χ2n) is 6.98. The molecule has 1 aromatic heterocycles. The van der Waals surface area contributed by atoms with Crippen molar-refractivity contribution in [1.82, 2.24) is 9.88 Å². The highest BCUT2D eigenvalue weighted by Gasteiger charge is 2.12. The summed E-state index contributed by atoms with van der Waals surface area (Å²) < 4.78 is 7.07. The minimum atomic E-state index is -0.110. The number of para-hydroxylation sites is 2. The Morgan fingerprint density at radius 2 is 1.52 bits per heavy atom. The first-order valence-corrected chi connectivity index (χ1v) is 9.51. The molecule has 0 saturated carbocycles. The molecular weight excluding hydrogens is 364 g/mol. The molecule has 1 amide bonds. The van der Waals surface area contributed by atoms with Crippen molar-refractivity contribution in [3.05, 3.63) is 94.1 Å². The number of benzene rings is 3. The van der Waals surface area contributed by atoms with Gasteiger partial charge in [-0.05, 0) is 35.4 Å². The molecule has 1 heterocycles.